The van der Waals surface area contributed by atoms with Gasteiger partial charge in [-0.1, -0.05) is 19.9 Å². The maximum absolute atomic E-state index is 12.2. The van der Waals surface area contributed by atoms with Crippen molar-refractivity contribution in [1.82, 2.24) is 9.97 Å². The maximum Gasteiger partial charge on any atom is 0.241 e. The van der Waals surface area contributed by atoms with Gasteiger partial charge in [0, 0.05) is 23.5 Å². The SMILES string of the molecule is Cc1cc(NC(=O)[C@H](N)CC(C)C)ccc1-c1ccnc2[nH]ccc12. The second-order valence-corrected chi connectivity index (χ2v) is 6.85. The smallest absolute Gasteiger partial charge is 0.241 e. The fraction of sp³-hybridized carbons (Fsp3) is 0.300. The summed E-state index contributed by atoms with van der Waals surface area (Å²) in [7, 11) is 0. The summed E-state index contributed by atoms with van der Waals surface area (Å²) in [5.41, 5.74) is 10.9. The Morgan fingerprint density at radius 1 is 1.24 bits per heavy atom. The van der Waals surface area contributed by atoms with E-state index >= 15 is 0 Å². The van der Waals surface area contributed by atoms with Gasteiger partial charge >= 0.3 is 0 Å². The molecule has 130 valence electrons. The van der Waals surface area contributed by atoms with Crippen LogP contribution in [0.4, 0.5) is 5.69 Å². The molecule has 4 N–H and O–H groups in total. The van der Waals surface area contributed by atoms with Crippen molar-refractivity contribution in [1.29, 1.82) is 0 Å². The van der Waals surface area contributed by atoms with Gasteiger partial charge in [0.2, 0.25) is 5.91 Å². The zero-order valence-electron chi connectivity index (χ0n) is 14.8. The molecule has 0 fully saturated rings. The number of nitrogens with one attached hydrogen (secondary N) is 2. The molecule has 0 aliphatic carbocycles. The van der Waals surface area contributed by atoms with Gasteiger partial charge < -0.3 is 16.0 Å². The number of H-pyrrole nitrogens is 1. The first-order valence-electron chi connectivity index (χ1n) is 8.55. The molecule has 0 radical (unpaired) electrons. The van der Waals surface area contributed by atoms with Crippen LogP contribution in [0.15, 0.2) is 42.7 Å². The van der Waals surface area contributed by atoms with Gasteiger partial charge in [0.05, 0.1) is 6.04 Å². The molecule has 3 aromatic rings. The van der Waals surface area contributed by atoms with Gasteiger partial charge in [-0.15, -0.1) is 0 Å². The number of nitrogens with zero attached hydrogens (tertiary/aromatic N) is 1. The van der Waals surface area contributed by atoms with Crippen LogP contribution in [0.25, 0.3) is 22.2 Å². The summed E-state index contributed by atoms with van der Waals surface area (Å²) in [5, 5.41) is 4.00. The standard InChI is InChI=1S/C20H24N4O/c1-12(2)10-18(21)20(25)24-14-4-5-15(13(3)11-14)16-6-8-22-19-17(16)7-9-23-19/h4-9,11-12,18H,10,21H2,1-3H3,(H,22,23)(H,24,25)/t18-/m1/s1. The highest BCUT2D eigenvalue weighted by Gasteiger charge is 2.16. The monoisotopic (exact) mass is 336 g/mol. The average molecular weight is 336 g/mol. The number of benzene rings is 1. The van der Waals surface area contributed by atoms with Crippen LogP contribution in [-0.4, -0.2) is 21.9 Å². The summed E-state index contributed by atoms with van der Waals surface area (Å²) in [6.07, 6.45) is 4.36. The fourth-order valence-corrected chi connectivity index (χ4v) is 3.09. The van der Waals surface area contributed by atoms with Crippen molar-refractivity contribution in [3.8, 4) is 11.1 Å². The van der Waals surface area contributed by atoms with Gasteiger partial charge in [-0.3, -0.25) is 4.79 Å². The van der Waals surface area contributed by atoms with E-state index in [1.54, 1.807) is 6.20 Å². The molecule has 0 aliphatic rings. The number of hydrogen-bond acceptors (Lipinski definition) is 3. The number of fused-ring (bicyclic) bond motifs is 1. The summed E-state index contributed by atoms with van der Waals surface area (Å²) in [5.74, 6) is 0.248. The molecule has 25 heavy (non-hydrogen) atoms. The zero-order chi connectivity index (χ0) is 18.0. The normalized spacial score (nSPS) is 12.5. The number of aromatic amines is 1. The number of aryl methyl sites for hydroxylation is 1. The van der Waals surface area contributed by atoms with E-state index in [4.69, 9.17) is 5.73 Å². The van der Waals surface area contributed by atoms with E-state index in [9.17, 15) is 4.79 Å². The number of rotatable bonds is 5. The number of pyridine rings is 1. The number of aromatic nitrogens is 2. The third-order valence-electron chi connectivity index (χ3n) is 4.31. The number of hydrogen-bond donors (Lipinski definition) is 3. The Morgan fingerprint density at radius 2 is 2.04 bits per heavy atom. The number of carbonyl (C=O) groups excluding carboxylic acids is 1. The Bertz CT molecular complexity index is 898. The van der Waals surface area contributed by atoms with E-state index < -0.39 is 6.04 Å². The largest absolute Gasteiger partial charge is 0.346 e. The Hall–Kier alpha value is -2.66. The Kier molecular flexibility index (Phi) is 4.86. The van der Waals surface area contributed by atoms with Crippen LogP contribution < -0.4 is 11.1 Å². The van der Waals surface area contributed by atoms with Crippen LogP contribution in [0.3, 0.4) is 0 Å². The molecule has 1 amide bonds. The molecule has 2 aromatic heterocycles. The lowest BCUT2D eigenvalue weighted by Gasteiger charge is -2.15. The molecule has 0 aliphatic heterocycles. The summed E-state index contributed by atoms with van der Waals surface area (Å²) in [6.45, 7) is 6.16. The van der Waals surface area contributed by atoms with E-state index in [0.717, 1.165) is 33.4 Å². The van der Waals surface area contributed by atoms with Crippen LogP contribution in [0, 0.1) is 12.8 Å². The molecule has 3 rings (SSSR count). The molecular formula is C20H24N4O. The molecule has 0 unspecified atom stereocenters. The lowest BCUT2D eigenvalue weighted by atomic mass is 9.98. The first kappa shape index (κ1) is 17.2. The minimum Gasteiger partial charge on any atom is -0.346 e. The van der Waals surface area contributed by atoms with Crippen molar-refractivity contribution in [3.63, 3.8) is 0 Å². The van der Waals surface area contributed by atoms with E-state index in [-0.39, 0.29) is 5.91 Å². The van der Waals surface area contributed by atoms with Crippen LogP contribution in [0.2, 0.25) is 0 Å². The minimum absolute atomic E-state index is 0.141. The zero-order valence-corrected chi connectivity index (χ0v) is 14.8. The van der Waals surface area contributed by atoms with Crippen molar-refractivity contribution >= 4 is 22.6 Å². The van der Waals surface area contributed by atoms with Gasteiger partial charge in [0.1, 0.15) is 5.65 Å². The first-order chi connectivity index (χ1) is 12.0. The predicted molar refractivity (Wildman–Crippen MR) is 102 cm³/mol. The minimum atomic E-state index is -0.486. The van der Waals surface area contributed by atoms with Gasteiger partial charge in [-0.2, -0.15) is 0 Å². The molecule has 5 nitrogen and oxygen atoms in total. The average Bonchev–Trinajstić information content (AvgIpc) is 3.03. The molecule has 0 bridgehead atoms. The molecule has 0 spiro atoms. The summed E-state index contributed by atoms with van der Waals surface area (Å²) in [4.78, 5) is 19.7. The van der Waals surface area contributed by atoms with Gasteiger partial charge in [0.25, 0.3) is 0 Å². The Morgan fingerprint density at radius 3 is 2.76 bits per heavy atom. The second-order valence-electron chi connectivity index (χ2n) is 6.85. The second kappa shape index (κ2) is 7.07. The number of amides is 1. The van der Waals surface area contributed by atoms with E-state index in [1.165, 1.54) is 0 Å². The van der Waals surface area contributed by atoms with Crippen molar-refractivity contribution < 1.29 is 4.79 Å². The number of anilines is 1. The first-order valence-corrected chi connectivity index (χ1v) is 8.55. The van der Waals surface area contributed by atoms with Crippen LogP contribution in [-0.2, 0) is 4.79 Å². The third kappa shape index (κ3) is 3.72. The highest BCUT2D eigenvalue weighted by Crippen LogP contribution is 2.31. The lowest BCUT2D eigenvalue weighted by Crippen LogP contribution is -2.36. The van der Waals surface area contributed by atoms with Crippen LogP contribution in [0.5, 0.6) is 0 Å². The Labute approximate surface area is 147 Å². The molecule has 5 heteroatoms. The molecule has 0 saturated carbocycles. The molecule has 0 saturated heterocycles. The summed E-state index contributed by atoms with van der Waals surface area (Å²) in [6, 6.07) is 9.48. The number of nitrogens with two attached hydrogens (primary N) is 1. The lowest BCUT2D eigenvalue weighted by molar-refractivity contribution is -0.117. The molecular weight excluding hydrogens is 312 g/mol. The van der Waals surface area contributed by atoms with E-state index in [2.05, 4.69) is 29.1 Å². The van der Waals surface area contributed by atoms with Crippen molar-refractivity contribution in [2.24, 2.45) is 11.7 Å². The van der Waals surface area contributed by atoms with Crippen molar-refractivity contribution in [2.45, 2.75) is 33.2 Å². The quantitative estimate of drug-likeness (QED) is 0.661. The van der Waals surface area contributed by atoms with Gasteiger partial charge in [-0.25, -0.2) is 4.98 Å². The molecule has 1 atom stereocenters. The van der Waals surface area contributed by atoms with Crippen LogP contribution in [0.1, 0.15) is 25.8 Å². The molecule has 2 heterocycles. The predicted octanol–water partition coefficient (Wildman–Crippen LogP) is 3.85. The van der Waals surface area contributed by atoms with Crippen molar-refractivity contribution in [2.75, 3.05) is 5.32 Å². The third-order valence-corrected chi connectivity index (χ3v) is 4.31. The van der Waals surface area contributed by atoms with Gasteiger partial charge in [0.15, 0.2) is 0 Å². The molecule has 1 aromatic carbocycles. The highest BCUT2D eigenvalue weighted by atomic mass is 16.2. The summed E-state index contributed by atoms with van der Waals surface area (Å²) >= 11 is 0. The van der Waals surface area contributed by atoms with Crippen molar-refractivity contribution in [3.05, 3.63) is 48.3 Å². The number of carbonyl (C=O) groups is 1. The van der Waals surface area contributed by atoms with Crippen LogP contribution >= 0.6 is 0 Å². The summed E-state index contributed by atoms with van der Waals surface area (Å²) < 4.78 is 0. The topological polar surface area (TPSA) is 83.8 Å². The van der Waals surface area contributed by atoms with Gasteiger partial charge in [-0.05, 0) is 60.2 Å². The maximum atomic E-state index is 12.2. The van der Waals surface area contributed by atoms with E-state index in [0.29, 0.717) is 12.3 Å². The highest BCUT2D eigenvalue weighted by molar-refractivity contribution is 5.96. The Balaban J connectivity index is 1.84. The van der Waals surface area contributed by atoms with E-state index in [1.807, 2.05) is 43.5 Å². The fourth-order valence-electron chi connectivity index (χ4n) is 3.09.